The molecule has 0 radical (unpaired) electrons. The van der Waals surface area contributed by atoms with E-state index in [1.54, 1.807) is 7.05 Å². The first-order chi connectivity index (χ1) is 10.3. The van der Waals surface area contributed by atoms with Crippen LogP contribution in [-0.2, 0) is 6.54 Å². The molecule has 0 fully saturated rings. The number of rotatable bonds is 4. The predicted octanol–water partition coefficient (Wildman–Crippen LogP) is 2.66. The summed E-state index contributed by atoms with van der Waals surface area (Å²) in [6, 6.07) is 14.2. The van der Waals surface area contributed by atoms with Crippen molar-refractivity contribution in [3.63, 3.8) is 0 Å². The maximum absolute atomic E-state index is 12.1. The molecule has 3 aromatic rings. The van der Waals surface area contributed by atoms with Gasteiger partial charge < -0.3 is 10.6 Å². The van der Waals surface area contributed by atoms with E-state index in [0.717, 1.165) is 16.3 Å². The summed E-state index contributed by atoms with van der Waals surface area (Å²) in [7, 11) is 1.75. The molecule has 0 atom stereocenters. The zero-order chi connectivity index (χ0) is 14.7. The molecule has 0 unspecified atom stereocenters. The molecular formula is C15H14N4OS. The number of nitrogens with zero attached hydrogens (tertiary/aromatic N) is 2. The maximum atomic E-state index is 12.1. The van der Waals surface area contributed by atoms with E-state index in [1.165, 1.54) is 11.3 Å². The first kappa shape index (κ1) is 13.5. The van der Waals surface area contributed by atoms with Crippen molar-refractivity contribution in [1.82, 2.24) is 15.5 Å². The van der Waals surface area contributed by atoms with Crippen LogP contribution in [0.15, 0.2) is 42.5 Å². The molecule has 2 N–H and O–H groups in total. The Kier molecular flexibility index (Phi) is 3.79. The van der Waals surface area contributed by atoms with Crippen molar-refractivity contribution in [3.8, 4) is 0 Å². The van der Waals surface area contributed by atoms with Crippen molar-refractivity contribution in [2.24, 2.45) is 0 Å². The number of fused-ring (bicyclic) bond motifs is 1. The van der Waals surface area contributed by atoms with Gasteiger partial charge in [0, 0.05) is 13.6 Å². The van der Waals surface area contributed by atoms with Crippen LogP contribution >= 0.6 is 11.3 Å². The summed E-state index contributed by atoms with van der Waals surface area (Å²) in [5.74, 6) is -0.207. The first-order valence-electron chi connectivity index (χ1n) is 6.54. The van der Waals surface area contributed by atoms with Crippen molar-refractivity contribution in [1.29, 1.82) is 0 Å². The van der Waals surface area contributed by atoms with Crippen LogP contribution in [0, 0.1) is 0 Å². The highest BCUT2D eigenvalue weighted by Gasteiger charge is 2.12. The van der Waals surface area contributed by atoms with Gasteiger partial charge in [0.05, 0.1) is 0 Å². The van der Waals surface area contributed by atoms with Crippen LogP contribution in [0.2, 0.25) is 0 Å². The molecule has 0 spiro atoms. The molecule has 3 rings (SSSR count). The second-order valence-electron chi connectivity index (χ2n) is 4.48. The molecule has 2 aromatic carbocycles. The Bertz CT molecular complexity index is 779. The van der Waals surface area contributed by atoms with Crippen LogP contribution in [-0.4, -0.2) is 23.2 Å². The molecule has 106 valence electrons. The Hall–Kier alpha value is -2.47. The van der Waals surface area contributed by atoms with Gasteiger partial charge in [-0.3, -0.25) is 4.79 Å². The average Bonchev–Trinajstić information content (AvgIpc) is 3.01. The lowest BCUT2D eigenvalue weighted by molar-refractivity contribution is 0.0950. The Morgan fingerprint density at radius 3 is 2.76 bits per heavy atom. The number of hydrogen-bond donors (Lipinski definition) is 2. The van der Waals surface area contributed by atoms with Gasteiger partial charge in [-0.25, -0.2) is 0 Å². The Labute approximate surface area is 126 Å². The van der Waals surface area contributed by atoms with Crippen molar-refractivity contribution in [3.05, 3.63) is 53.0 Å². The summed E-state index contributed by atoms with van der Waals surface area (Å²) in [4.78, 5) is 12.1. The smallest absolute Gasteiger partial charge is 0.282 e. The van der Waals surface area contributed by atoms with Crippen molar-refractivity contribution in [2.45, 2.75) is 6.54 Å². The number of anilines is 1. The molecule has 1 aromatic heterocycles. The van der Waals surface area contributed by atoms with E-state index >= 15 is 0 Å². The Morgan fingerprint density at radius 1 is 1.14 bits per heavy atom. The number of benzene rings is 2. The summed E-state index contributed by atoms with van der Waals surface area (Å²) in [5, 5.41) is 16.8. The lowest BCUT2D eigenvalue weighted by Crippen LogP contribution is -2.22. The van der Waals surface area contributed by atoms with Gasteiger partial charge in [-0.05, 0) is 16.3 Å². The average molecular weight is 298 g/mol. The normalized spacial score (nSPS) is 10.5. The van der Waals surface area contributed by atoms with Crippen LogP contribution in [0.25, 0.3) is 10.8 Å². The zero-order valence-electron chi connectivity index (χ0n) is 11.5. The highest BCUT2D eigenvalue weighted by molar-refractivity contribution is 7.17. The maximum Gasteiger partial charge on any atom is 0.282 e. The van der Waals surface area contributed by atoms with E-state index in [0.29, 0.717) is 16.7 Å². The standard InChI is InChI=1S/C15H14N4OS/c1-16-15-19-18-14(21-15)13(20)17-9-11-7-4-6-10-5-2-3-8-12(10)11/h2-8H,9H2,1H3,(H,16,19)(H,17,20). The molecule has 0 bridgehead atoms. The molecule has 5 nitrogen and oxygen atoms in total. The van der Waals surface area contributed by atoms with Crippen LogP contribution in [0.3, 0.4) is 0 Å². The third-order valence-electron chi connectivity index (χ3n) is 3.15. The molecule has 6 heteroatoms. The van der Waals surface area contributed by atoms with Gasteiger partial charge in [0.1, 0.15) is 0 Å². The molecule has 1 amide bonds. The van der Waals surface area contributed by atoms with E-state index in [-0.39, 0.29) is 5.91 Å². The lowest BCUT2D eigenvalue weighted by Gasteiger charge is -2.07. The lowest BCUT2D eigenvalue weighted by atomic mass is 10.0. The number of aromatic nitrogens is 2. The molecular weight excluding hydrogens is 284 g/mol. The van der Waals surface area contributed by atoms with Gasteiger partial charge in [-0.15, -0.1) is 10.2 Å². The van der Waals surface area contributed by atoms with Crippen LogP contribution in [0.4, 0.5) is 5.13 Å². The van der Waals surface area contributed by atoms with E-state index in [4.69, 9.17) is 0 Å². The topological polar surface area (TPSA) is 66.9 Å². The number of amides is 1. The van der Waals surface area contributed by atoms with Crippen molar-refractivity contribution >= 4 is 33.1 Å². The molecule has 1 heterocycles. The largest absolute Gasteiger partial charge is 0.363 e. The van der Waals surface area contributed by atoms with Gasteiger partial charge in [-0.1, -0.05) is 53.8 Å². The Morgan fingerprint density at radius 2 is 1.95 bits per heavy atom. The van der Waals surface area contributed by atoms with E-state index in [9.17, 15) is 4.79 Å². The Balaban J connectivity index is 1.75. The minimum atomic E-state index is -0.207. The van der Waals surface area contributed by atoms with Crippen molar-refractivity contribution < 1.29 is 4.79 Å². The van der Waals surface area contributed by atoms with Crippen LogP contribution in [0.5, 0.6) is 0 Å². The molecule has 0 saturated carbocycles. The third-order valence-corrected chi connectivity index (χ3v) is 4.09. The number of carbonyl (C=O) groups is 1. The van der Waals surface area contributed by atoms with Gasteiger partial charge in [0.15, 0.2) is 0 Å². The second kappa shape index (κ2) is 5.88. The first-order valence-corrected chi connectivity index (χ1v) is 7.35. The summed E-state index contributed by atoms with van der Waals surface area (Å²) in [6.07, 6.45) is 0. The highest BCUT2D eigenvalue weighted by atomic mass is 32.1. The van der Waals surface area contributed by atoms with Gasteiger partial charge in [0.2, 0.25) is 10.1 Å². The van der Waals surface area contributed by atoms with Crippen molar-refractivity contribution in [2.75, 3.05) is 12.4 Å². The van der Waals surface area contributed by atoms with E-state index in [2.05, 4.69) is 39.0 Å². The number of hydrogen-bond acceptors (Lipinski definition) is 5. The number of nitrogens with one attached hydrogen (secondary N) is 2. The fraction of sp³-hybridized carbons (Fsp3) is 0.133. The highest BCUT2D eigenvalue weighted by Crippen LogP contribution is 2.19. The summed E-state index contributed by atoms with van der Waals surface area (Å²) in [6.45, 7) is 0.467. The van der Waals surface area contributed by atoms with Gasteiger partial charge in [0.25, 0.3) is 5.91 Å². The third kappa shape index (κ3) is 2.85. The molecule has 0 aliphatic rings. The van der Waals surface area contributed by atoms with E-state index in [1.807, 2.05) is 24.3 Å². The molecule has 21 heavy (non-hydrogen) atoms. The minimum absolute atomic E-state index is 0.207. The van der Waals surface area contributed by atoms with E-state index < -0.39 is 0 Å². The quantitative estimate of drug-likeness (QED) is 0.777. The van der Waals surface area contributed by atoms with Gasteiger partial charge >= 0.3 is 0 Å². The minimum Gasteiger partial charge on any atom is -0.363 e. The van der Waals surface area contributed by atoms with Crippen LogP contribution < -0.4 is 10.6 Å². The zero-order valence-corrected chi connectivity index (χ0v) is 12.3. The molecule has 0 saturated heterocycles. The predicted molar refractivity (Wildman–Crippen MR) is 84.6 cm³/mol. The monoisotopic (exact) mass is 298 g/mol. The molecule has 0 aliphatic carbocycles. The second-order valence-corrected chi connectivity index (χ2v) is 5.46. The summed E-state index contributed by atoms with van der Waals surface area (Å²) < 4.78 is 0. The van der Waals surface area contributed by atoms with Gasteiger partial charge in [-0.2, -0.15) is 0 Å². The fourth-order valence-corrected chi connectivity index (χ4v) is 2.73. The van der Waals surface area contributed by atoms with Crippen LogP contribution in [0.1, 0.15) is 15.4 Å². The number of carbonyl (C=O) groups excluding carboxylic acids is 1. The fourth-order valence-electron chi connectivity index (χ4n) is 2.11. The SMILES string of the molecule is CNc1nnc(C(=O)NCc2cccc3ccccc23)s1. The summed E-state index contributed by atoms with van der Waals surface area (Å²) >= 11 is 1.23. The molecule has 0 aliphatic heterocycles. The summed E-state index contributed by atoms with van der Waals surface area (Å²) in [5.41, 5.74) is 1.08.